The van der Waals surface area contributed by atoms with Crippen LogP contribution >= 0.6 is 0 Å². The number of urea groups is 1. The number of aromatic nitrogens is 1. The van der Waals surface area contributed by atoms with Gasteiger partial charge in [-0.05, 0) is 30.2 Å². The van der Waals surface area contributed by atoms with E-state index in [0.717, 1.165) is 30.7 Å². The standard InChI is InChI=1S/C19H23N3O2/c1-2-6-15-7-3-4-9-18(15)21-19(23)22-12-10-17(14-22)24-16-8-5-11-20-13-16/h3-5,7-9,11,13,17H,2,6,10,12,14H2,1H3,(H,21,23). The summed E-state index contributed by atoms with van der Waals surface area (Å²) < 4.78 is 5.88. The minimum atomic E-state index is -0.0594. The summed E-state index contributed by atoms with van der Waals surface area (Å²) in [7, 11) is 0. The van der Waals surface area contributed by atoms with Crippen molar-refractivity contribution in [2.24, 2.45) is 0 Å². The SMILES string of the molecule is CCCc1ccccc1NC(=O)N1CCC(Oc2cccnc2)C1. The van der Waals surface area contributed by atoms with Crippen LogP contribution in [0.2, 0.25) is 0 Å². The van der Waals surface area contributed by atoms with Crippen molar-refractivity contribution in [3.05, 3.63) is 54.4 Å². The molecular weight excluding hydrogens is 302 g/mol. The van der Waals surface area contributed by atoms with Gasteiger partial charge in [-0.2, -0.15) is 0 Å². The molecule has 2 heterocycles. The van der Waals surface area contributed by atoms with Gasteiger partial charge in [-0.25, -0.2) is 4.79 Å². The monoisotopic (exact) mass is 325 g/mol. The predicted octanol–water partition coefficient (Wildman–Crippen LogP) is 3.72. The van der Waals surface area contributed by atoms with Gasteiger partial charge in [0.1, 0.15) is 11.9 Å². The maximum Gasteiger partial charge on any atom is 0.321 e. The van der Waals surface area contributed by atoms with Gasteiger partial charge in [-0.1, -0.05) is 31.5 Å². The maximum atomic E-state index is 12.5. The van der Waals surface area contributed by atoms with E-state index in [9.17, 15) is 4.79 Å². The topological polar surface area (TPSA) is 54.5 Å². The maximum absolute atomic E-state index is 12.5. The molecule has 1 fully saturated rings. The number of nitrogens with zero attached hydrogens (tertiary/aromatic N) is 2. The average molecular weight is 325 g/mol. The van der Waals surface area contributed by atoms with Gasteiger partial charge in [-0.15, -0.1) is 0 Å². The third kappa shape index (κ3) is 4.04. The fourth-order valence-corrected chi connectivity index (χ4v) is 2.94. The van der Waals surface area contributed by atoms with E-state index in [-0.39, 0.29) is 12.1 Å². The van der Waals surface area contributed by atoms with E-state index >= 15 is 0 Å². The van der Waals surface area contributed by atoms with Gasteiger partial charge >= 0.3 is 6.03 Å². The highest BCUT2D eigenvalue weighted by Crippen LogP contribution is 2.20. The van der Waals surface area contributed by atoms with Gasteiger partial charge in [0.25, 0.3) is 0 Å². The van der Waals surface area contributed by atoms with Crippen LogP contribution in [-0.2, 0) is 6.42 Å². The Balaban J connectivity index is 1.57. The zero-order valence-electron chi connectivity index (χ0n) is 13.9. The molecule has 1 aromatic carbocycles. The van der Waals surface area contributed by atoms with Crippen LogP contribution in [0.4, 0.5) is 10.5 Å². The first-order valence-electron chi connectivity index (χ1n) is 8.46. The molecule has 1 aromatic heterocycles. The number of carbonyl (C=O) groups excluding carboxylic acids is 1. The summed E-state index contributed by atoms with van der Waals surface area (Å²) in [5, 5.41) is 3.04. The summed E-state index contributed by atoms with van der Waals surface area (Å²) in [5.74, 6) is 0.748. The Morgan fingerprint density at radius 2 is 2.21 bits per heavy atom. The second-order valence-corrected chi connectivity index (χ2v) is 6.00. The molecule has 0 radical (unpaired) electrons. The van der Waals surface area contributed by atoms with Crippen LogP contribution in [0, 0.1) is 0 Å². The highest BCUT2D eigenvalue weighted by molar-refractivity contribution is 5.90. The predicted molar refractivity (Wildman–Crippen MR) is 94.3 cm³/mol. The largest absolute Gasteiger partial charge is 0.487 e. The average Bonchev–Trinajstić information content (AvgIpc) is 3.06. The van der Waals surface area contributed by atoms with Crippen molar-refractivity contribution in [1.82, 2.24) is 9.88 Å². The zero-order chi connectivity index (χ0) is 16.8. The molecule has 24 heavy (non-hydrogen) atoms. The Morgan fingerprint density at radius 3 is 3.00 bits per heavy atom. The molecule has 1 saturated heterocycles. The molecule has 0 saturated carbocycles. The molecular formula is C19H23N3O2. The van der Waals surface area contributed by atoms with Crippen molar-refractivity contribution >= 4 is 11.7 Å². The van der Waals surface area contributed by atoms with Gasteiger partial charge < -0.3 is 15.0 Å². The zero-order valence-corrected chi connectivity index (χ0v) is 13.9. The fraction of sp³-hybridized carbons (Fsp3) is 0.368. The quantitative estimate of drug-likeness (QED) is 0.911. The first-order chi connectivity index (χ1) is 11.8. The fourth-order valence-electron chi connectivity index (χ4n) is 2.94. The third-order valence-electron chi connectivity index (χ3n) is 4.15. The van der Waals surface area contributed by atoms with Crippen molar-refractivity contribution < 1.29 is 9.53 Å². The highest BCUT2D eigenvalue weighted by atomic mass is 16.5. The Hall–Kier alpha value is -2.56. The summed E-state index contributed by atoms with van der Waals surface area (Å²) in [4.78, 5) is 18.4. The lowest BCUT2D eigenvalue weighted by Gasteiger charge is -2.19. The number of aryl methyl sites for hydroxylation is 1. The van der Waals surface area contributed by atoms with Crippen LogP contribution in [0.5, 0.6) is 5.75 Å². The second-order valence-electron chi connectivity index (χ2n) is 6.00. The molecule has 1 aliphatic rings. The number of pyridine rings is 1. The van der Waals surface area contributed by atoms with Crippen LogP contribution in [0.15, 0.2) is 48.8 Å². The molecule has 2 aromatic rings. The van der Waals surface area contributed by atoms with Crippen LogP contribution in [0.25, 0.3) is 0 Å². The lowest BCUT2D eigenvalue weighted by molar-refractivity contribution is 0.194. The summed E-state index contributed by atoms with van der Waals surface area (Å²) in [5.41, 5.74) is 2.08. The molecule has 5 heteroatoms. The number of benzene rings is 1. The van der Waals surface area contributed by atoms with Crippen molar-refractivity contribution in [2.75, 3.05) is 18.4 Å². The third-order valence-corrected chi connectivity index (χ3v) is 4.15. The summed E-state index contributed by atoms with van der Waals surface area (Å²) in [6.07, 6.45) is 6.28. The number of rotatable bonds is 5. The first kappa shape index (κ1) is 16.3. The van der Waals surface area contributed by atoms with Crippen LogP contribution in [0.3, 0.4) is 0 Å². The number of likely N-dealkylation sites (tertiary alicyclic amines) is 1. The van der Waals surface area contributed by atoms with Crippen molar-refractivity contribution in [3.8, 4) is 5.75 Å². The van der Waals surface area contributed by atoms with Gasteiger partial charge in [-0.3, -0.25) is 4.98 Å². The summed E-state index contributed by atoms with van der Waals surface area (Å²) in [6.45, 7) is 3.43. The molecule has 126 valence electrons. The molecule has 2 amide bonds. The molecule has 0 aliphatic carbocycles. The number of ether oxygens (including phenoxy) is 1. The first-order valence-corrected chi connectivity index (χ1v) is 8.46. The van der Waals surface area contributed by atoms with Crippen molar-refractivity contribution in [1.29, 1.82) is 0 Å². The molecule has 1 aliphatic heterocycles. The molecule has 1 atom stereocenters. The number of carbonyl (C=O) groups is 1. The Morgan fingerprint density at radius 1 is 1.33 bits per heavy atom. The Bertz CT molecular complexity index is 675. The van der Waals surface area contributed by atoms with E-state index in [1.807, 2.05) is 35.2 Å². The minimum Gasteiger partial charge on any atom is -0.487 e. The number of hydrogen-bond donors (Lipinski definition) is 1. The lowest BCUT2D eigenvalue weighted by atomic mass is 10.1. The number of hydrogen-bond acceptors (Lipinski definition) is 3. The van der Waals surface area contributed by atoms with E-state index in [4.69, 9.17) is 4.74 Å². The highest BCUT2D eigenvalue weighted by Gasteiger charge is 2.28. The minimum absolute atomic E-state index is 0.0193. The lowest BCUT2D eigenvalue weighted by Crippen LogP contribution is -2.34. The van der Waals surface area contributed by atoms with Crippen molar-refractivity contribution in [2.45, 2.75) is 32.3 Å². The number of para-hydroxylation sites is 1. The number of anilines is 1. The van der Waals surface area contributed by atoms with E-state index in [0.29, 0.717) is 13.1 Å². The molecule has 0 bridgehead atoms. The molecule has 1 unspecified atom stereocenters. The second kappa shape index (κ2) is 7.81. The summed E-state index contributed by atoms with van der Waals surface area (Å²) >= 11 is 0. The van der Waals surface area contributed by atoms with Gasteiger partial charge in [0.05, 0.1) is 12.7 Å². The van der Waals surface area contributed by atoms with E-state index in [1.165, 1.54) is 5.56 Å². The molecule has 5 nitrogen and oxygen atoms in total. The van der Waals surface area contributed by atoms with Crippen molar-refractivity contribution in [3.63, 3.8) is 0 Å². The van der Waals surface area contributed by atoms with Gasteiger partial charge in [0.15, 0.2) is 0 Å². The smallest absolute Gasteiger partial charge is 0.321 e. The van der Waals surface area contributed by atoms with Crippen LogP contribution < -0.4 is 10.1 Å². The number of amides is 2. The van der Waals surface area contributed by atoms with Crippen LogP contribution in [-0.4, -0.2) is 35.1 Å². The Labute approximate surface area is 142 Å². The van der Waals surface area contributed by atoms with Crippen LogP contribution in [0.1, 0.15) is 25.3 Å². The van der Waals surface area contributed by atoms with E-state index < -0.39 is 0 Å². The molecule has 0 spiro atoms. The number of nitrogens with one attached hydrogen (secondary N) is 1. The van der Waals surface area contributed by atoms with Gasteiger partial charge in [0.2, 0.25) is 0 Å². The normalized spacial score (nSPS) is 16.9. The van der Waals surface area contributed by atoms with Gasteiger partial charge in [0, 0.05) is 24.8 Å². The van der Waals surface area contributed by atoms with E-state index in [1.54, 1.807) is 12.4 Å². The molecule has 1 N–H and O–H groups in total. The Kier molecular flexibility index (Phi) is 5.31. The molecule has 3 rings (SSSR count). The van der Waals surface area contributed by atoms with E-state index in [2.05, 4.69) is 23.3 Å². The summed E-state index contributed by atoms with van der Waals surface area (Å²) in [6, 6.07) is 11.7.